The van der Waals surface area contributed by atoms with Gasteiger partial charge in [-0.25, -0.2) is 0 Å². The Balaban J connectivity index is 1.39. The molecule has 1 heterocycles. The van der Waals surface area contributed by atoms with Crippen LogP contribution in [0.3, 0.4) is 0 Å². The zero-order valence-electron chi connectivity index (χ0n) is 21.1. The van der Waals surface area contributed by atoms with Crippen molar-refractivity contribution in [2.45, 2.75) is 58.2 Å². The molecule has 0 aromatic heterocycles. The molecule has 2 atom stereocenters. The average molecular weight is 483 g/mol. The highest BCUT2D eigenvalue weighted by atomic mass is 16.5. The van der Waals surface area contributed by atoms with Crippen LogP contribution in [0, 0.1) is 12.8 Å². The van der Waals surface area contributed by atoms with Crippen LogP contribution >= 0.6 is 0 Å². The van der Waals surface area contributed by atoms with Gasteiger partial charge >= 0.3 is 0 Å². The van der Waals surface area contributed by atoms with Crippen LogP contribution in [0.25, 0.3) is 0 Å². The fourth-order valence-corrected chi connectivity index (χ4v) is 5.05. The Hall–Kier alpha value is -3.60. The van der Waals surface area contributed by atoms with Crippen LogP contribution < -0.4 is 10.1 Å². The first-order chi connectivity index (χ1) is 17.5. The zero-order valence-corrected chi connectivity index (χ0v) is 21.1. The number of aryl methyl sites for hydroxylation is 1. The lowest BCUT2D eigenvalue weighted by Gasteiger charge is -2.38. The van der Waals surface area contributed by atoms with Gasteiger partial charge in [-0.15, -0.1) is 0 Å². The van der Waals surface area contributed by atoms with E-state index in [1.165, 1.54) is 11.1 Å². The Labute approximate surface area is 213 Å². The topological polar surface area (TPSA) is 58.6 Å². The van der Waals surface area contributed by atoms with Gasteiger partial charge in [-0.05, 0) is 67.0 Å². The van der Waals surface area contributed by atoms with Crippen molar-refractivity contribution >= 4 is 11.8 Å². The maximum atomic E-state index is 13.3. The Morgan fingerprint density at radius 3 is 2.56 bits per heavy atom. The molecule has 5 rings (SSSR count). The fourth-order valence-electron chi connectivity index (χ4n) is 5.05. The lowest BCUT2D eigenvalue weighted by molar-refractivity contribution is -0.134. The molecule has 1 fully saturated rings. The summed E-state index contributed by atoms with van der Waals surface area (Å²) in [6.07, 6.45) is 2.78. The highest BCUT2D eigenvalue weighted by Gasteiger charge is 2.39. The van der Waals surface area contributed by atoms with Crippen molar-refractivity contribution < 1.29 is 14.3 Å². The molecule has 5 nitrogen and oxygen atoms in total. The van der Waals surface area contributed by atoms with E-state index in [2.05, 4.69) is 47.5 Å². The molecule has 5 heteroatoms. The van der Waals surface area contributed by atoms with Gasteiger partial charge in [-0.2, -0.15) is 0 Å². The summed E-state index contributed by atoms with van der Waals surface area (Å²) in [5.41, 5.74) is 5.67. The fraction of sp³-hybridized carbons (Fsp3) is 0.355. The van der Waals surface area contributed by atoms with Crippen LogP contribution in [-0.4, -0.2) is 29.4 Å². The first kappa shape index (κ1) is 24.1. The van der Waals surface area contributed by atoms with E-state index in [-0.39, 0.29) is 23.8 Å². The van der Waals surface area contributed by atoms with Crippen LogP contribution in [-0.2, 0) is 22.6 Å². The number of hydrogen-bond acceptors (Lipinski definition) is 3. The monoisotopic (exact) mass is 482 g/mol. The predicted molar refractivity (Wildman–Crippen MR) is 141 cm³/mol. The van der Waals surface area contributed by atoms with Gasteiger partial charge in [0.1, 0.15) is 5.75 Å². The standard InChI is InChI=1S/C31H34N2O3/c1-3-28(30(34)32-20-22-9-5-4-6-10-22)36-26-15-14-23-16-17-33(31(35)24-12-13-24)29(27(23)19-26)25-11-7-8-21(2)18-25/h4-11,14-15,18-19,24,28-29H,3,12-13,16-17,20H2,1-2H3,(H,32,34)/t28-,29-/m1/s1. The zero-order chi connectivity index (χ0) is 25.1. The first-order valence-electron chi connectivity index (χ1n) is 13.0. The molecule has 36 heavy (non-hydrogen) atoms. The summed E-state index contributed by atoms with van der Waals surface area (Å²) in [7, 11) is 0. The summed E-state index contributed by atoms with van der Waals surface area (Å²) in [5.74, 6) is 0.954. The lowest BCUT2D eigenvalue weighted by atomic mass is 9.87. The number of rotatable bonds is 8. The minimum Gasteiger partial charge on any atom is -0.481 e. The normalized spacial score (nSPS) is 17.7. The molecule has 0 bridgehead atoms. The summed E-state index contributed by atoms with van der Waals surface area (Å²) >= 11 is 0. The molecule has 3 aromatic rings. The number of nitrogens with one attached hydrogen (secondary N) is 1. The molecule has 1 aliphatic carbocycles. The molecule has 2 aliphatic rings. The molecule has 0 spiro atoms. The van der Waals surface area contributed by atoms with E-state index >= 15 is 0 Å². The van der Waals surface area contributed by atoms with Crippen molar-refractivity contribution in [3.8, 4) is 5.75 Å². The molecule has 0 unspecified atom stereocenters. The van der Waals surface area contributed by atoms with Gasteiger partial charge in [0.25, 0.3) is 5.91 Å². The molecule has 186 valence electrons. The molecule has 1 saturated carbocycles. The van der Waals surface area contributed by atoms with Crippen LogP contribution in [0.1, 0.15) is 60.0 Å². The third-order valence-electron chi connectivity index (χ3n) is 7.16. The van der Waals surface area contributed by atoms with Crippen molar-refractivity contribution in [3.63, 3.8) is 0 Å². The second-order valence-electron chi connectivity index (χ2n) is 9.95. The summed E-state index contributed by atoms with van der Waals surface area (Å²) in [5, 5.41) is 3.00. The minimum atomic E-state index is -0.586. The van der Waals surface area contributed by atoms with E-state index in [1.807, 2.05) is 49.4 Å². The molecule has 0 saturated heterocycles. The van der Waals surface area contributed by atoms with Gasteiger partial charge in [0.2, 0.25) is 5.91 Å². The van der Waals surface area contributed by atoms with Crippen LogP contribution in [0.15, 0.2) is 72.8 Å². The van der Waals surface area contributed by atoms with Crippen LogP contribution in [0.2, 0.25) is 0 Å². The van der Waals surface area contributed by atoms with Gasteiger partial charge < -0.3 is 15.0 Å². The van der Waals surface area contributed by atoms with Crippen molar-refractivity contribution in [1.29, 1.82) is 0 Å². The van der Waals surface area contributed by atoms with Crippen molar-refractivity contribution in [2.75, 3.05) is 6.54 Å². The Kier molecular flexibility index (Phi) is 7.08. The molecule has 0 radical (unpaired) electrons. The second-order valence-corrected chi connectivity index (χ2v) is 9.95. The summed E-state index contributed by atoms with van der Waals surface area (Å²) in [6.45, 7) is 5.23. The van der Waals surface area contributed by atoms with E-state index in [1.54, 1.807) is 0 Å². The average Bonchev–Trinajstić information content (AvgIpc) is 3.75. The van der Waals surface area contributed by atoms with Crippen molar-refractivity contribution in [1.82, 2.24) is 10.2 Å². The number of hydrogen-bond donors (Lipinski definition) is 1. The van der Waals surface area contributed by atoms with Crippen LogP contribution in [0.5, 0.6) is 5.75 Å². The van der Waals surface area contributed by atoms with E-state index < -0.39 is 6.10 Å². The van der Waals surface area contributed by atoms with E-state index in [9.17, 15) is 9.59 Å². The number of carbonyl (C=O) groups excluding carboxylic acids is 2. The SMILES string of the molecule is CC[C@@H](Oc1ccc2c(c1)[C@@H](c1cccc(C)c1)N(C(=O)C1CC1)CC2)C(=O)NCc1ccccc1. The van der Waals surface area contributed by atoms with Crippen molar-refractivity contribution in [2.24, 2.45) is 5.92 Å². The largest absolute Gasteiger partial charge is 0.481 e. The van der Waals surface area contributed by atoms with E-state index in [0.29, 0.717) is 18.7 Å². The van der Waals surface area contributed by atoms with E-state index in [4.69, 9.17) is 4.74 Å². The minimum absolute atomic E-state index is 0.125. The molecule has 1 N–H and O–H groups in total. The van der Waals surface area contributed by atoms with Crippen LogP contribution in [0.4, 0.5) is 0 Å². The summed E-state index contributed by atoms with van der Waals surface area (Å²) in [4.78, 5) is 28.2. The number of benzene rings is 3. The lowest BCUT2D eigenvalue weighted by Crippen LogP contribution is -2.41. The Bertz CT molecular complexity index is 1240. The molecule has 3 aromatic carbocycles. The number of amides is 2. The maximum absolute atomic E-state index is 13.3. The highest BCUT2D eigenvalue weighted by molar-refractivity contribution is 5.82. The van der Waals surface area contributed by atoms with Gasteiger partial charge in [-0.1, -0.05) is 73.2 Å². The predicted octanol–water partition coefficient (Wildman–Crippen LogP) is 5.35. The molecular weight excluding hydrogens is 448 g/mol. The van der Waals surface area contributed by atoms with Crippen molar-refractivity contribution in [3.05, 3.63) is 101 Å². The summed E-state index contributed by atoms with van der Waals surface area (Å²) in [6, 6.07) is 24.3. The maximum Gasteiger partial charge on any atom is 0.261 e. The van der Waals surface area contributed by atoms with Gasteiger partial charge in [-0.3, -0.25) is 9.59 Å². The number of ether oxygens (including phenoxy) is 1. The number of fused-ring (bicyclic) bond motifs is 1. The Morgan fingerprint density at radius 2 is 1.83 bits per heavy atom. The molecular formula is C31H34N2O3. The molecule has 1 aliphatic heterocycles. The Morgan fingerprint density at radius 1 is 1.03 bits per heavy atom. The number of carbonyl (C=O) groups is 2. The van der Waals surface area contributed by atoms with E-state index in [0.717, 1.165) is 42.5 Å². The smallest absolute Gasteiger partial charge is 0.261 e. The van der Waals surface area contributed by atoms with Gasteiger partial charge in [0.15, 0.2) is 6.10 Å². The highest BCUT2D eigenvalue weighted by Crippen LogP contribution is 2.41. The summed E-state index contributed by atoms with van der Waals surface area (Å²) < 4.78 is 6.23. The first-order valence-corrected chi connectivity index (χ1v) is 13.0. The van der Waals surface area contributed by atoms with Gasteiger partial charge in [0, 0.05) is 19.0 Å². The third kappa shape index (κ3) is 5.30. The third-order valence-corrected chi connectivity index (χ3v) is 7.16. The quantitative estimate of drug-likeness (QED) is 0.471. The molecule has 2 amide bonds. The van der Waals surface area contributed by atoms with Gasteiger partial charge in [0.05, 0.1) is 6.04 Å². The number of nitrogens with zero attached hydrogens (tertiary/aromatic N) is 1. The second kappa shape index (κ2) is 10.6.